The number of allylic oxidation sites excluding steroid dienone is 2. The first kappa shape index (κ1) is 12.9. The molecular weight excluding hydrogens is 234 g/mol. The van der Waals surface area contributed by atoms with Gasteiger partial charge < -0.3 is 0 Å². The average molecular weight is 249 g/mol. The number of aliphatic imine (C=N–C) groups is 1. The molecule has 0 unspecified atom stereocenters. The van der Waals surface area contributed by atoms with Crippen molar-refractivity contribution in [3.8, 4) is 11.4 Å². The summed E-state index contributed by atoms with van der Waals surface area (Å²) in [4.78, 5) is 12.7. The van der Waals surface area contributed by atoms with E-state index in [1.807, 2.05) is 61.7 Å². The van der Waals surface area contributed by atoms with Crippen LogP contribution in [-0.2, 0) is 0 Å². The molecule has 0 aliphatic rings. The zero-order valence-electron chi connectivity index (χ0n) is 10.8. The van der Waals surface area contributed by atoms with E-state index in [9.17, 15) is 0 Å². The molecular formula is C16H15N3. The van der Waals surface area contributed by atoms with Crippen LogP contribution in [0.25, 0.3) is 17.5 Å². The first-order valence-electron chi connectivity index (χ1n) is 6.08. The molecule has 2 aromatic rings. The molecule has 0 spiro atoms. The number of hydrogen-bond acceptors (Lipinski definition) is 3. The van der Waals surface area contributed by atoms with Gasteiger partial charge in [0.15, 0.2) is 0 Å². The number of aromatic nitrogens is 2. The van der Waals surface area contributed by atoms with E-state index in [0.717, 1.165) is 17.0 Å². The second-order valence-electron chi connectivity index (χ2n) is 3.83. The molecule has 0 bridgehead atoms. The van der Waals surface area contributed by atoms with Crippen molar-refractivity contribution in [2.24, 2.45) is 4.99 Å². The molecule has 0 N–H and O–H groups in total. The molecule has 2 rings (SSSR count). The minimum Gasteiger partial charge on any atom is -0.265 e. The number of rotatable bonds is 4. The third kappa shape index (κ3) is 4.00. The first-order valence-corrected chi connectivity index (χ1v) is 6.08. The van der Waals surface area contributed by atoms with Gasteiger partial charge in [0.25, 0.3) is 0 Å². The molecule has 0 radical (unpaired) electrons. The third-order valence-electron chi connectivity index (χ3n) is 2.41. The Kier molecular flexibility index (Phi) is 4.76. The Balaban J connectivity index is 2.07. The molecule has 3 heteroatoms. The molecule has 0 aliphatic heterocycles. The first-order chi connectivity index (χ1) is 9.40. The monoisotopic (exact) mass is 249 g/mol. The van der Waals surface area contributed by atoms with Crippen LogP contribution < -0.4 is 0 Å². The van der Waals surface area contributed by atoms with E-state index >= 15 is 0 Å². The van der Waals surface area contributed by atoms with E-state index in [-0.39, 0.29) is 0 Å². The van der Waals surface area contributed by atoms with Crippen LogP contribution in [0.1, 0.15) is 12.5 Å². The molecule has 0 fully saturated rings. The van der Waals surface area contributed by atoms with Gasteiger partial charge in [0.2, 0.25) is 0 Å². The fraction of sp³-hybridized carbons (Fsp3) is 0.0625. The van der Waals surface area contributed by atoms with E-state index < -0.39 is 0 Å². The molecule has 19 heavy (non-hydrogen) atoms. The molecule has 0 amide bonds. The second kappa shape index (κ2) is 7.01. The van der Waals surface area contributed by atoms with Gasteiger partial charge in [-0.3, -0.25) is 15.0 Å². The lowest BCUT2D eigenvalue weighted by Crippen LogP contribution is -1.86. The van der Waals surface area contributed by atoms with Crippen molar-refractivity contribution in [3.63, 3.8) is 0 Å². The molecule has 2 aromatic heterocycles. The quantitative estimate of drug-likeness (QED) is 0.774. The van der Waals surface area contributed by atoms with Gasteiger partial charge in [0.05, 0.1) is 11.4 Å². The van der Waals surface area contributed by atoms with Crippen LogP contribution >= 0.6 is 0 Å². The van der Waals surface area contributed by atoms with Crippen LogP contribution in [0.2, 0.25) is 0 Å². The normalized spacial score (nSPS) is 11.8. The lowest BCUT2D eigenvalue weighted by atomic mass is 10.2. The van der Waals surface area contributed by atoms with E-state index in [1.54, 1.807) is 18.6 Å². The minimum atomic E-state index is 0.875. The van der Waals surface area contributed by atoms with Gasteiger partial charge in [-0.05, 0) is 36.8 Å². The van der Waals surface area contributed by atoms with Crippen LogP contribution in [0.15, 0.2) is 66.1 Å². The molecule has 0 aromatic carbocycles. The maximum atomic E-state index is 4.39. The van der Waals surface area contributed by atoms with Gasteiger partial charge in [0.1, 0.15) is 0 Å². The van der Waals surface area contributed by atoms with Crippen LogP contribution in [0.4, 0.5) is 0 Å². The maximum Gasteiger partial charge on any atom is 0.0886 e. The molecule has 0 saturated heterocycles. The van der Waals surface area contributed by atoms with Crippen molar-refractivity contribution in [1.82, 2.24) is 9.97 Å². The summed E-state index contributed by atoms with van der Waals surface area (Å²) in [7, 11) is 0. The zero-order chi connectivity index (χ0) is 13.3. The van der Waals surface area contributed by atoms with Crippen molar-refractivity contribution in [3.05, 3.63) is 66.6 Å². The Labute approximate surface area is 113 Å². The fourth-order valence-corrected chi connectivity index (χ4v) is 1.51. The van der Waals surface area contributed by atoms with Crippen molar-refractivity contribution < 1.29 is 0 Å². The Morgan fingerprint density at radius 1 is 1.05 bits per heavy atom. The van der Waals surface area contributed by atoms with Gasteiger partial charge in [-0.15, -0.1) is 0 Å². The van der Waals surface area contributed by atoms with Crippen molar-refractivity contribution >= 4 is 12.3 Å². The largest absolute Gasteiger partial charge is 0.265 e. The highest BCUT2D eigenvalue weighted by Gasteiger charge is 1.98. The van der Waals surface area contributed by atoms with Gasteiger partial charge in [0, 0.05) is 24.8 Å². The van der Waals surface area contributed by atoms with Gasteiger partial charge >= 0.3 is 0 Å². The highest BCUT2D eigenvalue weighted by atomic mass is 14.8. The van der Waals surface area contributed by atoms with Crippen LogP contribution in [-0.4, -0.2) is 16.2 Å². The highest BCUT2D eigenvalue weighted by Crippen LogP contribution is 2.13. The summed E-state index contributed by atoms with van der Waals surface area (Å²) in [5.41, 5.74) is 2.79. The molecule has 0 aliphatic carbocycles. The van der Waals surface area contributed by atoms with E-state index in [4.69, 9.17) is 0 Å². The molecule has 0 atom stereocenters. The summed E-state index contributed by atoms with van der Waals surface area (Å²) in [6.07, 6.45) is 12.8. The Morgan fingerprint density at radius 2 is 1.95 bits per heavy atom. The number of hydrogen-bond donors (Lipinski definition) is 0. The maximum absolute atomic E-state index is 4.39. The summed E-state index contributed by atoms with van der Waals surface area (Å²) < 4.78 is 0. The van der Waals surface area contributed by atoms with Crippen LogP contribution in [0, 0.1) is 0 Å². The molecule has 3 nitrogen and oxygen atoms in total. The predicted octanol–water partition coefficient (Wildman–Crippen LogP) is 3.76. The summed E-state index contributed by atoms with van der Waals surface area (Å²) in [6.45, 7) is 1.93. The SMILES string of the molecule is C\C=C/N=C\C=C\c1ccc(-c2ccccn2)nc1. The zero-order valence-corrected chi connectivity index (χ0v) is 10.8. The van der Waals surface area contributed by atoms with Gasteiger partial charge in [-0.2, -0.15) is 0 Å². The number of pyridine rings is 2. The minimum absolute atomic E-state index is 0.875. The van der Waals surface area contributed by atoms with Crippen molar-refractivity contribution in [2.75, 3.05) is 0 Å². The van der Waals surface area contributed by atoms with Gasteiger partial charge in [-0.25, -0.2) is 0 Å². The standard InChI is InChI=1S/C16H15N3/c1-2-10-17-11-5-6-14-8-9-16(19-13-14)15-7-3-4-12-18-15/h2-13H,1H3/b6-5+,10-2-,17-11-. The lowest BCUT2D eigenvalue weighted by molar-refractivity contribution is 1.24. The topological polar surface area (TPSA) is 38.1 Å². The molecule has 94 valence electrons. The van der Waals surface area contributed by atoms with E-state index in [0.29, 0.717) is 0 Å². The van der Waals surface area contributed by atoms with Crippen molar-refractivity contribution in [2.45, 2.75) is 6.92 Å². The average Bonchev–Trinajstić information content (AvgIpc) is 2.49. The Bertz CT molecular complexity index is 581. The summed E-state index contributed by atoms with van der Waals surface area (Å²) in [6, 6.07) is 9.77. The molecule has 0 saturated carbocycles. The second-order valence-corrected chi connectivity index (χ2v) is 3.83. The van der Waals surface area contributed by atoms with Crippen LogP contribution in [0.3, 0.4) is 0 Å². The van der Waals surface area contributed by atoms with Gasteiger partial charge in [-0.1, -0.05) is 24.3 Å². The highest BCUT2D eigenvalue weighted by molar-refractivity contribution is 5.78. The summed E-state index contributed by atoms with van der Waals surface area (Å²) in [5.74, 6) is 0. The Morgan fingerprint density at radius 3 is 2.63 bits per heavy atom. The van der Waals surface area contributed by atoms with E-state index in [1.165, 1.54) is 0 Å². The summed E-state index contributed by atoms with van der Waals surface area (Å²) in [5, 5.41) is 0. The molecule has 2 heterocycles. The third-order valence-corrected chi connectivity index (χ3v) is 2.41. The smallest absolute Gasteiger partial charge is 0.0886 e. The van der Waals surface area contributed by atoms with Crippen molar-refractivity contribution in [1.29, 1.82) is 0 Å². The predicted molar refractivity (Wildman–Crippen MR) is 79.8 cm³/mol. The fourth-order valence-electron chi connectivity index (χ4n) is 1.51. The summed E-state index contributed by atoms with van der Waals surface area (Å²) >= 11 is 0. The lowest BCUT2D eigenvalue weighted by Gasteiger charge is -1.99. The number of nitrogens with zero attached hydrogens (tertiary/aromatic N) is 3. The van der Waals surface area contributed by atoms with E-state index in [2.05, 4.69) is 15.0 Å². The van der Waals surface area contributed by atoms with Crippen LogP contribution in [0.5, 0.6) is 0 Å². The Hall–Kier alpha value is -2.55.